The molecule has 0 saturated carbocycles. The minimum atomic E-state index is -0.961. The van der Waals surface area contributed by atoms with Crippen molar-refractivity contribution < 1.29 is 14.6 Å². The fraction of sp³-hybridized carbons (Fsp3) is 0.364. The zero-order valence-corrected chi connectivity index (χ0v) is 10.5. The van der Waals surface area contributed by atoms with Crippen molar-refractivity contribution in [3.8, 4) is 5.75 Å². The molecule has 0 aliphatic rings. The number of carboxylic acid groups (broad SMARTS) is 1. The Labute approximate surface area is 97.2 Å². The average molecular weight is 273 g/mol. The largest absolute Gasteiger partial charge is 0.479 e. The molecule has 1 aromatic carbocycles. The van der Waals surface area contributed by atoms with Crippen molar-refractivity contribution in [1.29, 1.82) is 0 Å². The Hall–Kier alpha value is -1.03. The first kappa shape index (κ1) is 12.0. The molecule has 1 rings (SSSR count). The summed E-state index contributed by atoms with van der Waals surface area (Å²) >= 11 is 3.37. The van der Waals surface area contributed by atoms with Gasteiger partial charge in [-0.1, -0.05) is 15.9 Å². The lowest BCUT2D eigenvalue weighted by Crippen LogP contribution is -2.23. The monoisotopic (exact) mass is 272 g/mol. The quantitative estimate of drug-likeness (QED) is 0.921. The zero-order chi connectivity index (χ0) is 11.6. The van der Waals surface area contributed by atoms with Gasteiger partial charge in [0.05, 0.1) is 0 Å². The smallest absolute Gasteiger partial charge is 0.344 e. The van der Waals surface area contributed by atoms with E-state index in [1.165, 1.54) is 6.92 Å². The summed E-state index contributed by atoms with van der Waals surface area (Å²) in [4.78, 5) is 10.7. The van der Waals surface area contributed by atoms with Gasteiger partial charge in [0.25, 0.3) is 0 Å². The van der Waals surface area contributed by atoms with Gasteiger partial charge in [-0.15, -0.1) is 0 Å². The maximum atomic E-state index is 10.7. The van der Waals surface area contributed by atoms with Crippen LogP contribution in [0.2, 0.25) is 0 Å². The summed E-state index contributed by atoms with van der Waals surface area (Å²) in [7, 11) is 0. The highest BCUT2D eigenvalue weighted by Gasteiger charge is 2.15. The Balaban J connectivity index is 3.00. The molecular formula is C11H13BrO3. The molecule has 1 aromatic rings. The Morgan fingerprint density at radius 2 is 1.87 bits per heavy atom. The van der Waals surface area contributed by atoms with Crippen molar-refractivity contribution in [3.63, 3.8) is 0 Å². The van der Waals surface area contributed by atoms with Crippen LogP contribution in [0.25, 0.3) is 0 Å². The van der Waals surface area contributed by atoms with E-state index in [4.69, 9.17) is 9.84 Å². The minimum absolute atomic E-state index is 0.646. The highest BCUT2D eigenvalue weighted by Crippen LogP contribution is 2.28. The lowest BCUT2D eigenvalue weighted by Gasteiger charge is -2.15. The van der Waals surface area contributed by atoms with Gasteiger partial charge < -0.3 is 9.84 Å². The molecule has 0 fully saturated rings. The zero-order valence-electron chi connectivity index (χ0n) is 8.87. The van der Waals surface area contributed by atoms with Crippen molar-refractivity contribution in [3.05, 3.63) is 27.7 Å². The predicted octanol–water partition coefficient (Wildman–Crippen LogP) is 2.92. The van der Waals surface area contributed by atoms with E-state index in [2.05, 4.69) is 15.9 Å². The van der Waals surface area contributed by atoms with Crippen LogP contribution in [-0.2, 0) is 4.79 Å². The van der Waals surface area contributed by atoms with E-state index in [9.17, 15) is 4.79 Å². The van der Waals surface area contributed by atoms with Gasteiger partial charge in [0, 0.05) is 4.47 Å². The second-order valence-corrected chi connectivity index (χ2v) is 4.38. The first-order valence-electron chi connectivity index (χ1n) is 4.58. The van der Waals surface area contributed by atoms with Crippen LogP contribution in [0.5, 0.6) is 5.75 Å². The molecule has 0 spiro atoms. The van der Waals surface area contributed by atoms with Gasteiger partial charge in [0.1, 0.15) is 5.75 Å². The third kappa shape index (κ3) is 2.96. The first-order chi connectivity index (χ1) is 6.91. The lowest BCUT2D eigenvalue weighted by atomic mass is 10.1. The maximum Gasteiger partial charge on any atom is 0.344 e. The summed E-state index contributed by atoms with van der Waals surface area (Å²) < 4.78 is 6.34. The second-order valence-electron chi connectivity index (χ2n) is 3.47. The van der Waals surface area contributed by atoms with Gasteiger partial charge in [-0.3, -0.25) is 0 Å². The molecule has 82 valence electrons. The third-order valence-electron chi connectivity index (χ3n) is 2.07. The highest BCUT2D eigenvalue weighted by molar-refractivity contribution is 9.10. The number of ether oxygens (including phenoxy) is 1. The number of rotatable bonds is 3. The van der Waals surface area contributed by atoms with Crippen molar-refractivity contribution in [2.75, 3.05) is 0 Å². The lowest BCUT2D eigenvalue weighted by molar-refractivity contribution is -0.144. The highest BCUT2D eigenvalue weighted by atomic mass is 79.9. The number of benzene rings is 1. The molecule has 15 heavy (non-hydrogen) atoms. The average Bonchev–Trinajstić information content (AvgIpc) is 2.10. The van der Waals surface area contributed by atoms with Gasteiger partial charge in [-0.2, -0.15) is 0 Å². The van der Waals surface area contributed by atoms with Crippen molar-refractivity contribution in [1.82, 2.24) is 0 Å². The van der Waals surface area contributed by atoms with Crippen LogP contribution < -0.4 is 4.74 Å². The van der Waals surface area contributed by atoms with E-state index in [-0.39, 0.29) is 0 Å². The Bertz CT molecular complexity index is 364. The topological polar surface area (TPSA) is 46.5 Å². The molecule has 0 heterocycles. The summed E-state index contributed by atoms with van der Waals surface area (Å²) in [6.45, 7) is 5.30. The molecule has 3 nitrogen and oxygen atoms in total. The summed E-state index contributed by atoms with van der Waals surface area (Å²) in [5.41, 5.74) is 1.85. The van der Waals surface area contributed by atoms with Crippen molar-refractivity contribution in [2.45, 2.75) is 26.9 Å². The number of aryl methyl sites for hydroxylation is 2. The summed E-state index contributed by atoms with van der Waals surface area (Å²) in [6, 6.07) is 3.80. The minimum Gasteiger partial charge on any atom is -0.479 e. The molecular weight excluding hydrogens is 260 g/mol. The van der Waals surface area contributed by atoms with Gasteiger partial charge >= 0.3 is 5.97 Å². The van der Waals surface area contributed by atoms with Crippen molar-refractivity contribution >= 4 is 21.9 Å². The molecule has 1 atom stereocenters. The fourth-order valence-electron chi connectivity index (χ4n) is 1.31. The van der Waals surface area contributed by atoms with E-state index in [0.29, 0.717) is 5.75 Å². The van der Waals surface area contributed by atoms with Crippen LogP contribution in [0, 0.1) is 13.8 Å². The normalized spacial score (nSPS) is 12.3. The Morgan fingerprint density at radius 3 is 2.27 bits per heavy atom. The van der Waals surface area contributed by atoms with E-state index in [1.807, 2.05) is 26.0 Å². The fourth-order valence-corrected chi connectivity index (χ4v) is 2.00. The standard InChI is InChI=1S/C11H13BrO3/c1-6-4-9(12)5-7(2)10(6)15-8(3)11(13)14/h4-5,8H,1-3H3,(H,13,14)/t8-/m0/s1. The second kappa shape index (κ2) is 4.66. The number of carbonyl (C=O) groups is 1. The number of aliphatic carboxylic acids is 1. The molecule has 0 saturated heterocycles. The number of hydrogen-bond donors (Lipinski definition) is 1. The van der Waals surface area contributed by atoms with Gasteiger partial charge in [-0.25, -0.2) is 4.79 Å². The third-order valence-corrected chi connectivity index (χ3v) is 2.53. The van der Waals surface area contributed by atoms with E-state index in [1.54, 1.807) is 0 Å². The van der Waals surface area contributed by atoms with Crippen LogP contribution in [0.3, 0.4) is 0 Å². The molecule has 0 aromatic heterocycles. The first-order valence-corrected chi connectivity index (χ1v) is 5.37. The summed E-state index contributed by atoms with van der Waals surface area (Å²) in [5, 5.41) is 8.75. The van der Waals surface area contributed by atoms with E-state index < -0.39 is 12.1 Å². The van der Waals surface area contributed by atoms with Crippen LogP contribution in [0.15, 0.2) is 16.6 Å². The molecule has 0 radical (unpaired) electrons. The molecule has 0 unspecified atom stereocenters. The predicted molar refractivity (Wildman–Crippen MR) is 61.3 cm³/mol. The van der Waals surface area contributed by atoms with E-state index >= 15 is 0 Å². The van der Waals surface area contributed by atoms with E-state index in [0.717, 1.165) is 15.6 Å². The van der Waals surface area contributed by atoms with Crippen molar-refractivity contribution in [2.24, 2.45) is 0 Å². The molecule has 0 aliphatic carbocycles. The molecule has 1 N–H and O–H groups in total. The van der Waals surface area contributed by atoms with Crippen LogP contribution in [0.1, 0.15) is 18.1 Å². The number of hydrogen-bond acceptors (Lipinski definition) is 2. The summed E-state index contributed by atoms with van der Waals surface area (Å²) in [5.74, 6) is -0.315. The Morgan fingerprint density at radius 1 is 1.40 bits per heavy atom. The molecule has 4 heteroatoms. The molecule has 0 bridgehead atoms. The maximum absolute atomic E-state index is 10.7. The van der Waals surface area contributed by atoms with Gasteiger partial charge in [-0.05, 0) is 44.0 Å². The van der Waals surface area contributed by atoms with Crippen LogP contribution in [-0.4, -0.2) is 17.2 Å². The number of carboxylic acids is 1. The van der Waals surface area contributed by atoms with Crippen LogP contribution >= 0.6 is 15.9 Å². The summed E-state index contributed by atoms with van der Waals surface area (Å²) in [6.07, 6.45) is -0.830. The Kier molecular flexibility index (Phi) is 3.74. The molecule has 0 aliphatic heterocycles. The SMILES string of the molecule is Cc1cc(Br)cc(C)c1O[C@@H](C)C(=O)O. The van der Waals surface area contributed by atoms with Gasteiger partial charge in [0.2, 0.25) is 0 Å². The molecule has 0 amide bonds. The number of halogens is 1. The van der Waals surface area contributed by atoms with Crippen LogP contribution in [0.4, 0.5) is 0 Å². The van der Waals surface area contributed by atoms with Gasteiger partial charge in [0.15, 0.2) is 6.10 Å².